The number of carbonyl (C=O) groups excluding carboxylic acids is 1. The number of nitrogens with zero attached hydrogens (tertiary/aromatic N) is 8. The number of carbonyl (C=O) groups is 1. The molecular formula is C27H30ClFN8O2. The monoisotopic (exact) mass is 552 g/mol. The number of likely N-dealkylation sites (tertiary alicyclic amines) is 1. The minimum Gasteiger partial charge on any atom is -0.461 e. The van der Waals surface area contributed by atoms with Gasteiger partial charge < -0.3 is 19.4 Å². The Bertz CT molecular complexity index is 1400. The fraction of sp³-hybridized carbons (Fsp3) is 0.444. The van der Waals surface area contributed by atoms with E-state index in [1.54, 1.807) is 27.7 Å². The molecule has 5 rings (SSSR count). The maximum atomic E-state index is 14.6. The number of amides is 1. The zero-order valence-corrected chi connectivity index (χ0v) is 22.5. The second-order valence-corrected chi connectivity index (χ2v) is 10.3. The van der Waals surface area contributed by atoms with Crippen molar-refractivity contribution >= 4 is 29.0 Å². The lowest BCUT2D eigenvalue weighted by Crippen LogP contribution is -2.55. The van der Waals surface area contributed by atoms with Gasteiger partial charge in [0.15, 0.2) is 11.5 Å². The summed E-state index contributed by atoms with van der Waals surface area (Å²) in [6, 6.07) is 6.87. The van der Waals surface area contributed by atoms with Crippen LogP contribution in [0, 0.1) is 17.1 Å². The molecule has 2 aliphatic heterocycles. The third kappa shape index (κ3) is 5.53. The molecule has 2 aromatic heterocycles. The highest BCUT2D eigenvalue weighted by atomic mass is 35.5. The van der Waals surface area contributed by atoms with Crippen LogP contribution in [0.25, 0.3) is 5.65 Å². The van der Waals surface area contributed by atoms with Crippen LogP contribution in [0.5, 0.6) is 6.01 Å². The highest BCUT2D eigenvalue weighted by Gasteiger charge is 2.32. The van der Waals surface area contributed by atoms with Gasteiger partial charge in [0.05, 0.1) is 30.4 Å². The normalized spacial score (nSPS) is 19.8. The highest BCUT2D eigenvalue weighted by Crippen LogP contribution is 2.28. The van der Waals surface area contributed by atoms with E-state index >= 15 is 0 Å². The van der Waals surface area contributed by atoms with Gasteiger partial charge in [-0.1, -0.05) is 24.2 Å². The molecule has 0 spiro atoms. The van der Waals surface area contributed by atoms with Crippen LogP contribution >= 0.6 is 11.6 Å². The van der Waals surface area contributed by atoms with Gasteiger partial charge in [-0.2, -0.15) is 10.2 Å². The number of halogens is 2. The Balaban J connectivity index is 1.51. The molecular weight excluding hydrogens is 523 g/mol. The van der Waals surface area contributed by atoms with Crippen molar-refractivity contribution in [2.24, 2.45) is 0 Å². The number of piperazine rings is 1. The Morgan fingerprint density at radius 3 is 2.90 bits per heavy atom. The number of fused-ring (bicyclic) bond motifs is 1. The standard InChI is InChI=1S/C27H30ClFN8O2/c1-3-24(38)36-13-12-35(16-18(36)9-10-30)26-25-31-15-20(14-21-22(28)7-4-8-23(21)29)37(25)33-27(32-26)39-17-19-6-5-11-34(19)2/h3-4,7-8,15,18-19H,1,5-6,9,11-14,16-17H2,2H3. The van der Waals surface area contributed by atoms with Gasteiger partial charge in [-0.25, -0.2) is 13.9 Å². The molecule has 2 aliphatic rings. The summed E-state index contributed by atoms with van der Waals surface area (Å²) in [6.45, 7) is 6.29. The van der Waals surface area contributed by atoms with Gasteiger partial charge in [-0.3, -0.25) is 4.79 Å². The number of anilines is 1. The number of ether oxygens (including phenoxy) is 1. The number of nitriles is 1. The lowest BCUT2D eigenvalue weighted by Gasteiger charge is -2.40. The lowest BCUT2D eigenvalue weighted by molar-refractivity contribution is -0.128. The summed E-state index contributed by atoms with van der Waals surface area (Å²) < 4.78 is 22.3. The van der Waals surface area contributed by atoms with Crippen LogP contribution in [0.1, 0.15) is 30.5 Å². The average molecular weight is 553 g/mol. The number of imidazole rings is 1. The van der Waals surface area contributed by atoms with Gasteiger partial charge in [0, 0.05) is 42.7 Å². The molecule has 4 heterocycles. The zero-order valence-electron chi connectivity index (χ0n) is 21.8. The van der Waals surface area contributed by atoms with Crippen molar-refractivity contribution in [3.05, 3.63) is 59.1 Å². The van der Waals surface area contributed by atoms with E-state index in [4.69, 9.17) is 21.3 Å². The first-order valence-electron chi connectivity index (χ1n) is 12.9. The van der Waals surface area contributed by atoms with Crippen molar-refractivity contribution in [2.45, 2.75) is 37.8 Å². The average Bonchev–Trinajstić information content (AvgIpc) is 3.54. The number of aromatic nitrogens is 4. The Kier molecular flexibility index (Phi) is 7.95. The molecule has 2 fully saturated rings. The van der Waals surface area contributed by atoms with Gasteiger partial charge >= 0.3 is 6.01 Å². The van der Waals surface area contributed by atoms with Crippen LogP contribution in [-0.4, -0.2) is 87.2 Å². The van der Waals surface area contributed by atoms with Crippen molar-refractivity contribution in [2.75, 3.05) is 44.7 Å². The Morgan fingerprint density at radius 1 is 1.33 bits per heavy atom. The molecule has 12 heteroatoms. The largest absolute Gasteiger partial charge is 0.461 e. The highest BCUT2D eigenvalue weighted by molar-refractivity contribution is 6.31. The van der Waals surface area contributed by atoms with E-state index in [9.17, 15) is 14.4 Å². The summed E-state index contributed by atoms with van der Waals surface area (Å²) in [5, 5.41) is 14.4. The molecule has 2 unspecified atom stereocenters. The predicted octanol–water partition coefficient (Wildman–Crippen LogP) is 3.10. The number of rotatable bonds is 8. The van der Waals surface area contributed by atoms with Crippen LogP contribution in [0.3, 0.4) is 0 Å². The Labute approximate surface area is 231 Å². The maximum absolute atomic E-state index is 14.6. The molecule has 1 amide bonds. The van der Waals surface area contributed by atoms with E-state index < -0.39 is 5.82 Å². The molecule has 0 bridgehead atoms. The summed E-state index contributed by atoms with van der Waals surface area (Å²) in [5.41, 5.74) is 1.45. The van der Waals surface area contributed by atoms with Crippen LogP contribution < -0.4 is 9.64 Å². The Hall–Kier alpha value is -3.75. The lowest BCUT2D eigenvalue weighted by atomic mass is 10.1. The SMILES string of the molecule is C=CC(=O)N1CCN(c2nc(OCC3CCCN3C)nn3c(Cc4c(F)cccc4Cl)cnc23)CC1CC#N. The van der Waals surface area contributed by atoms with Crippen molar-refractivity contribution in [1.29, 1.82) is 5.26 Å². The van der Waals surface area contributed by atoms with Crippen molar-refractivity contribution in [3.63, 3.8) is 0 Å². The first kappa shape index (κ1) is 26.8. The van der Waals surface area contributed by atoms with Gasteiger partial charge in [-0.05, 0) is 44.6 Å². The number of likely N-dealkylation sites (N-methyl/N-ethyl adjacent to an activating group) is 1. The van der Waals surface area contributed by atoms with E-state index in [1.165, 1.54) is 12.1 Å². The molecule has 1 aromatic carbocycles. The zero-order chi connectivity index (χ0) is 27.5. The summed E-state index contributed by atoms with van der Waals surface area (Å²) in [4.78, 5) is 27.6. The van der Waals surface area contributed by atoms with Crippen LogP contribution in [0.4, 0.5) is 10.2 Å². The third-order valence-corrected chi connectivity index (χ3v) is 7.81. The van der Waals surface area contributed by atoms with Crippen molar-refractivity contribution in [1.82, 2.24) is 29.4 Å². The van der Waals surface area contributed by atoms with Gasteiger partial charge in [0.1, 0.15) is 12.4 Å². The van der Waals surface area contributed by atoms with E-state index in [0.29, 0.717) is 54.0 Å². The van der Waals surface area contributed by atoms with Gasteiger partial charge in [0.25, 0.3) is 0 Å². The van der Waals surface area contributed by atoms with Crippen molar-refractivity contribution < 1.29 is 13.9 Å². The topological polar surface area (TPSA) is 103 Å². The van der Waals surface area contributed by atoms with Crippen LogP contribution in [-0.2, 0) is 11.2 Å². The molecule has 0 saturated carbocycles. The number of benzene rings is 1. The molecule has 10 nitrogen and oxygen atoms in total. The molecule has 3 aromatic rings. The molecule has 39 heavy (non-hydrogen) atoms. The fourth-order valence-electron chi connectivity index (χ4n) is 5.27. The maximum Gasteiger partial charge on any atom is 0.336 e. The van der Waals surface area contributed by atoms with Gasteiger partial charge in [-0.15, -0.1) is 5.10 Å². The smallest absolute Gasteiger partial charge is 0.336 e. The molecule has 2 atom stereocenters. The van der Waals surface area contributed by atoms with Gasteiger partial charge in [0.2, 0.25) is 5.91 Å². The van der Waals surface area contributed by atoms with Crippen molar-refractivity contribution in [3.8, 4) is 12.1 Å². The molecule has 0 radical (unpaired) electrons. The van der Waals surface area contributed by atoms with E-state index in [0.717, 1.165) is 19.4 Å². The fourth-order valence-corrected chi connectivity index (χ4v) is 5.50. The van der Waals surface area contributed by atoms with Crippen LogP contribution in [0.15, 0.2) is 37.1 Å². The first-order valence-corrected chi connectivity index (χ1v) is 13.3. The van der Waals surface area contributed by atoms with E-state index in [-0.39, 0.29) is 36.8 Å². The summed E-state index contributed by atoms with van der Waals surface area (Å²) in [5.74, 6) is -0.0913. The molecule has 0 aliphatic carbocycles. The quantitative estimate of drug-likeness (QED) is 0.393. The number of hydrogen-bond acceptors (Lipinski definition) is 8. The third-order valence-electron chi connectivity index (χ3n) is 7.46. The van der Waals surface area contributed by atoms with E-state index in [1.807, 2.05) is 4.90 Å². The molecule has 0 N–H and O–H groups in total. The minimum absolute atomic E-state index is 0.167. The van der Waals surface area contributed by atoms with Crippen LogP contribution in [0.2, 0.25) is 5.02 Å². The molecule has 204 valence electrons. The second kappa shape index (κ2) is 11.6. The Morgan fingerprint density at radius 2 is 2.18 bits per heavy atom. The molecule has 2 saturated heterocycles. The minimum atomic E-state index is -0.408. The summed E-state index contributed by atoms with van der Waals surface area (Å²) >= 11 is 6.31. The first-order chi connectivity index (χ1) is 18.9. The number of hydrogen-bond donors (Lipinski definition) is 0. The second-order valence-electron chi connectivity index (χ2n) is 9.87. The summed E-state index contributed by atoms with van der Waals surface area (Å²) in [6.07, 6.45) is 5.38. The summed E-state index contributed by atoms with van der Waals surface area (Å²) in [7, 11) is 2.07. The van der Waals surface area contributed by atoms with E-state index in [2.05, 4.69) is 34.7 Å². The predicted molar refractivity (Wildman–Crippen MR) is 144 cm³/mol.